The summed E-state index contributed by atoms with van der Waals surface area (Å²) in [5.41, 5.74) is 0.780. The smallest absolute Gasteiger partial charge is 0.223 e. The minimum Gasteiger partial charge on any atom is -0.441 e. The van der Waals surface area contributed by atoms with Gasteiger partial charge in [0.15, 0.2) is 11.7 Å². The third kappa shape index (κ3) is 4.68. The summed E-state index contributed by atoms with van der Waals surface area (Å²) in [6, 6.07) is 6.47. The van der Waals surface area contributed by atoms with Gasteiger partial charge in [-0.25, -0.2) is 9.37 Å². The van der Waals surface area contributed by atoms with Crippen LogP contribution in [0.1, 0.15) is 50.8 Å². The SMILES string of the molecule is CN(C(=O)CCc1ncc(-c2ccc(F)cc2)o1)C1CCCCCC1. The molecule has 4 nitrogen and oxygen atoms in total. The van der Waals surface area contributed by atoms with E-state index in [0.717, 1.165) is 18.4 Å². The van der Waals surface area contributed by atoms with Crippen LogP contribution in [0.15, 0.2) is 34.9 Å². The Morgan fingerprint density at radius 3 is 2.56 bits per heavy atom. The number of carbonyl (C=O) groups is 1. The summed E-state index contributed by atoms with van der Waals surface area (Å²) in [7, 11) is 1.91. The van der Waals surface area contributed by atoms with Gasteiger partial charge in [0.1, 0.15) is 5.82 Å². The highest BCUT2D eigenvalue weighted by atomic mass is 19.1. The third-order valence-electron chi connectivity index (χ3n) is 5.00. The summed E-state index contributed by atoms with van der Waals surface area (Å²) in [6.07, 6.45) is 9.70. The zero-order valence-electron chi connectivity index (χ0n) is 14.7. The standard InChI is InChI=1S/C20H25FN2O2/c1-23(17-6-4-2-3-5-7-17)20(24)13-12-19-22-14-18(25-19)15-8-10-16(21)11-9-15/h8-11,14,17H,2-7,12-13H2,1H3. The fourth-order valence-corrected chi connectivity index (χ4v) is 3.41. The topological polar surface area (TPSA) is 46.3 Å². The molecule has 0 bridgehead atoms. The van der Waals surface area contributed by atoms with Gasteiger partial charge in [0.25, 0.3) is 0 Å². The summed E-state index contributed by atoms with van der Waals surface area (Å²) in [5.74, 6) is 1.01. The van der Waals surface area contributed by atoms with Gasteiger partial charge in [0, 0.05) is 31.5 Å². The number of halogens is 1. The van der Waals surface area contributed by atoms with Crippen LogP contribution < -0.4 is 0 Å². The number of aromatic nitrogens is 1. The Kier molecular flexibility index (Phi) is 5.84. The van der Waals surface area contributed by atoms with E-state index in [9.17, 15) is 9.18 Å². The van der Waals surface area contributed by atoms with Crippen molar-refractivity contribution in [1.29, 1.82) is 0 Å². The second-order valence-electron chi connectivity index (χ2n) is 6.78. The van der Waals surface area contributed by atoms with Crippen LogP contribution in [-0.4, -0.2) is 28.9 Å². The van der Waals surface area contributed by atoms with E-state index in [2.05, 4.69) is 4.98 Å². The van der Waals surface area contributed by atoms with E-state index < -0.39 is 0 Å². The molecule has 1 fully saturated rings. The van der Waals surface area contributed by atoms with Crippen molar-refractivity contribution >= 4 is 5.91 Å². The van der Waals surface area contributed by atoms with Crippen LogP contribution >= 0.6 is 0 Å². The Labute approximate surface area is 148 Å². The summed E-state index contributed by atoms with van der Waals surface area (Å²) in [4.78, 5) is 18.6. The molecule has 2 aromatic rings. The van der Waals surface area contributed by atoms with Gasteiger partial charge in [0.05, 0.1) is 6.20 Å². The Morgan fingerprint density at radius 2 is 1.88 bits per heavy atom. The van der Waals surface area contributed by atoms with Crippen molar-refractivity contribution in [3.8, 4) is 11.3 Å². The molecule has 25 heavy (non-hydrogen) atoms. The van der Waals surface area contributed by atoms with Gasteiger partial charge in [-0.2, -0.15) is 0 Å². The fraction of sp³-hybridized carbons (Fsp3) is 0.500. The second-order valence-corrected chi connectivity index (χ2v) is 6.78. The molecule has 0 saturated heterocycles. The molecular weight excluding hydrogens is 319 g/mol. The van der Waals surface area contributed by atoms with Gasteiger partial charge in [-0.1, -0.05) is 25.7 Å². The normalized spacial score (nSPS) is 15.8. The molecule has 1 saturated carbocycles. The number of nitrogens with zero attached hydrogens (tertiary/aromatic N) is 2. The average Bonchev–Trinajstić information content (AvgIpc) is 2.93. The van der Waals surface area contributed by atoms with Gasteiger partial charge in [0.2, 0.25) is 5.91 Å². The van der Waals surface area contributed by atoms with Crippen LogP contribution in [0, 0.1) is 5.82 Å². The molecule has 0 atom stereocenters. The van der Waals surface area contributed by atoms with Crippen molar-refractivity contribution in [1.82, 2.24) is 9.88 Å². The molecule has 1 aliphatic carbocycles. The number of hydrogen-bond acceptors (Lipinski definition) is 3. The maximum Gasteiger partial charge on any atom is 0.223 e. The Morgan fingerprint density at radius 1 is 1.20 bits per heavy atom. The Hall–Kier alpha value is -2.17. The maximum absolute atomic E-state index is 13.0. The van der Waals surface area contributed by atoms with Crippen LogP contribution in [0.4, 0.5) is 4.39 Å². The molecule has 1 heterocycles. The van der Waals surface area contributed by atoms with Crippen molar-refractivity contribution in [2.24, 2.45) is 0 Å². The number of carbonyl (C=O) groups excluding carboxylic acids is 1. The number of aryl methyl sites for hydroxylation is 1. The molecule has 1 aromatic heterocycles. The first-order valence-corrected chi connectivity index (χ1v) is 9.10. The maximum atomic E-state index is 13.0. The number of oxazole rings is 1. The van der Waals surface area contributed by atoms with Gasteiger partial charge in [-0.05, 0) is 37.1 Å². The molecule has 0 unspecified atom stereocenters. The quantitative estimate of drug-likeness (QED) is 0.745. The van der Waals surface area contributed by atoms with Gasteiger partial charge >= 0.3 is 0 Å². The molecule has 134 valence electrons. The predicted molar refractivity (Wildman–Crippen MR) is 94.5 cm³/mol. The van der Waals surface area contributed by atoms with Crippen molar-refractivity contribution in [2.75, 3.05) is 7.05 Å². The van der Waals surface area contributed by atoms with Crippen LogP contribution in [0.5, 0.6) is 0 Å². The van der Waals surface area contributed by atoms with Crippen molar-refractivity contribution < 1.29 is 13.6 Å². The Balaban J connectivity index is 1.54. The minimum absolute atomic E-state index is 0.147. The molecule has 3 rings (SSSR count). The third-order valence-corrected chi connectivity index (χ3v) is 5.00. The lowest BCUT2D eigenvalue weighted by molar-refractivity contribution is -0.132. The molecular formula is C20H25FN2O2. The fourth-order valence-electron chi connectivity index (χ4n) is 3.41. The lowest BCUT2D eigenvalue weighted by Crippen LogP contribution is -2.36. The zero-order chi connectivity index (χ0) is 17.6. The molecule has 0 radical (unpaired) electrons. The molecule has 0 aliphatic heterocycles. The summed E-state index contributed by atoms with van der Waals surface area (Å²) < 4.78 is 18.7. The van der Waals surface area contributed by atoms with Gasteiger partial charge < -0.3 is 9.32 Å². The number of amides is 1. The second kappa shape index (κ2) is 8.28. The monoisotopic (exact) mass is 344 g/mol. The van der Waals surface area contributed by atoms with Crippen molar-refractivity contribution in [3.63, 3.8) is 0 Å². The van der Waals surface area contributed by atoms with Crippen LogP contribution in [0.3, 0.4) is 0 Å². The predicted octanol–water partition coefficient (Wildman–Crippen LogP) is 4.59. The van der Waals surface area contributed by atoms with E-state index in [0.29, 0.717) is 30.5 Å². The van der Waals surface area contributed by atoms with E-state index in [1.54, 1.807) is 18.3 Å². The van der Waals surface area contributed by atoms with E-state index in [1.807, 2.05) is 11.9 Å². The molecule has 1 aliphatic rings. The first kappa shape index (κ1) is 17.6. The molecule has 1 amide bonds. The lowest BCUT2D eigenvalue weighted by Gasteiger charge is -2.27. The van der Waals surface area contributed by atoms with E-state index >= 15 is 0 Å². The Bertz CT molecular complexity index is 688. The summed E-state index contributed by atoms with van der Waals surface area (Å²) >= 11 is 0. The van der Waals surface area contributed by atoms with Crippen LogP contribution in [-0.2, 0) is 11.2 Å². The van der Waals surface area contributed by atoms with E-state index in [4.69, 9.17) is 4.42 Å². The highest BCUT2D eigenvalue weighted by Gasteiger charge is 2.21. The summed E-state index contributed by atoms with van der Waals surface area (Å²) in [5, 5.41) is 0. The zero-order valence-corrected chi connectivity index (χ0v) is 14.7. The summed E-state index contributed by atoms with van der Waals surface area (Å²) in [6.45, 7) is 0. The molecule has 5 heteroatoms. The molecule has 1 aromatic carbocycles. The highest BCUT2D eigenvalue weighted by molar-refractivity contribution is 5.76. The van der Waals surface area contributed by atoms with Gasteiger partial charge in [-0.3, -0.25) is 4.79 Å². The largest absolute Gasteiger partial charge is 0.441 e. The van der Waals surface area contributed by atoms with Gasteiger partial charge in [-0.15, -0.1) is 0 Å². The highest BCUT2D eigenvalue weighted by Crippen LogP contribution is 2.23. The van der Waals surface area contributed by atoms with Crippen molar-refractivity contribution in [3.05, 3.63) is 42.2 Å². The first-order valence-electron chi connectivity index (χ1n) is 9.10. The van der Waals surface area contributed by atoms with Crippen LogP contribution in [0.25, 0.3) is 11.3 Å². The van der Waals surface area contributed by atoms with E-state index in [-0.39, 0.29) is 11.7 Å². The average molecular weight is 344 g/mol. The van der Waals surface area contributed by atoms with Crippen LogP contribution in [0.2, 0.25) is 0 Å². The van der Waals surface area contributed by atoms with Crippen molar-refractivity contribution in [2.45, 2.75) is 57.4 Å². The first-order chi connectivity index (χ1) is 12.1. The van der Waals surface area contributed by atoms with E-state index in [1.165, 1.54) is 37.8 Å². The number of rotatable bonds is 5. The molecule has 0 spiro atoms. The lowest BCUT2D eigenvalue weighted by atomic mass is 10.1. The molecule has 0 N–H and O–H groups in total. The number of hydrogen-bond donors (Lipinski definition) is 0. The minimum atomic E-state index is -0.282. The number of benzene rings is 1.